The molecule has 1 heterocycles. The second-order valence-corrected chi connectivity index (χ2v) is 3.34. The quantitative estimate of drug-likeness (QED) is 0.772. The van der Waals surface area contributed by atoms with E-state index in [4.69, 9.17) is 5.73 Å². The van der Waals surface area contributed by atoms with Gasteiger partial charge in [0.1, 0.15) is 11.6 Å². The van der Waals surface area contributed by atoms with Crippen LogP contribution in [-0.4, -0.2) is 14.7 Å². The van der Waals surface area contributed by atoms with Crippen LogP contribution in [0.25, 0.3) is 11.3 Å². The van der Waals surface area contributed by atoms with Crippen LogP contribution in [0.3, 0.4) is 0 Å². The second-order valence-electron chi connectivity index (χ2n) is 3.34. The Labute approximate surface area is 88.0 Å². The molecular weight excluding hydrogens is 190 g/mol. The number of nitrogens with two attached hydrogens (primary N) is 1. The van der Waals surface area contributed by atoms with E-state index < -0.39 is 0 Å². The molecule has 0 aliphatic heterocycles. The van der Waals surface area contributed by atoms with Crippen LogP contribution < -0.4 is 5.73 Å². The molecule has 78 valence electrons. The molecule has 0 amide bonds. The molecule has 0 saturated heterocycles. The summed E-state index contributed by atoms with van der Waals surface area (Å²) in [4.78, 5) is 4.18. The Morgan fingerprint density at radius 1 is 1.40 bits per heavy atom. The number of para-hydroxylation sites is 1. The lowest BCUT2D eigenvalue weighted by atomic mass is 10.1. The Bertz CT molecular complexity index is 476. The summed E-state index contributed by atoms with van der Waals surface area (Å²) in [6.45, 7) is 0.393. The van der Waals surface area contributed by atoms with Gasteiger partial charge in [-0.05, 0) is 12.1 Å². The third-order valence-electron chi connectivity index (χ3n) is 2.45. The highest BCUT2D eigenvalue weighted by Gasteiger charge is 2.09. The molecular formula is C11H13N3O. The lowest BCUT2D eigenvalue weighted by Crippen LogP contribution is -2.05. The van der Waals surface area contributed by atoms with Gasteiger partial charge in [0.25, 0.3) is 0 Å². The fourth-order valence-electron chi connectivity index (χ4n) is 1.58. The molecule has 4 heteroatoms. The Morgan fingerprint density at radius 3 is 2.73 bits per heavy atom. The Morgan fingerprint density at radius 2 is 2.13 bits per heavy atom. The number of phenols is 1. The first kappa shape index (κ1) is 9.73. The standard InChI is InChI=1S/C11H13N3O/c1-14-9(7-13-11(14)6-12)8-4-2-3-5-10(8)15/h2-5,7,15H,6,12H2,1H3. The Kier molecular flexibility index (Phi) is 2.43. The van der Waals surface area contributed by atoms with Crippen LogP contribution in [0.5, 0.6) is 5.75 Å². The number of nitrogens with zero attached hydrogens (tertiary/aromatic N) is 2. The van der Waals surface area contributed by atoms with E-state index in [0.29, 0.717) is 6.54 Å². The number of aromatic hydroxyl groups is 1. The van der Waals surface area contributed by atoms with E-state index in [1.807, 2.05) is 23.7 Å². The normalized spacial score (nSPS) is 10.5. The van der Waals surface area contributed by atoms with E-state index in [2.05, 4.69) is 4.98 Å². The molecule has 4 nitrogen and oxygen atoms in total. The third kappa shape index (κ3) is 1.59. The van der Waals surface area contributed by atoms with E-state index in [-0.39, 0.29) is 5.75 Å². The van der Waals surface area contributed by atoms with Crippen LogP contribution in [0, 0.1) is 0 Å². The van der Waals surface area contributed by atoms with E-state index in [0.717, 1.165) is 17.1 Å². The predicted molar refractivity (Wildman–Crippen MR) is 58.2 cm³/mol. The number of rotatable bonds is 2. The maximum atomic E-state index is 9.70. The van der Waals surface area contributed by atoms with E-state index >= 15 is 0 Å². The van der Waals surface area contributed by atoms with Gasteiger partial charge in [-0.2, -0.15) is 0 Å². The molecule has 0 aliphatic rings. The fourth-order valence-corrected chi connectivity index (χ4v) is 1.58. The van der Waals surface area contributed by atoms with Crippen LogP contribution in [0.15, 0.2) is 30.5 Å². The van der Waals surface area contributed by atoms with Crippen molar-refractivity contribution in [2.75, 3.05) is 0 Å². The largest absolute Gasteiger partial charge is 0.507 e. The Balaban J connectivity index is 2.55. The van der Waals surface area contributed by atoms with Gasteiger partial charge >= 0.3 is 0 Å². The molecule has 0 atom stereocenters. The first-order chi connectivity index (χ1) is 7.24. The molecule has 1 aromatic heterocycles. The number of phenolic OH excluding ortho intramolecular Hbond substituents is 1. The number of benzene rings is 1. The minimum atomic E-state index is 0.254. The molecule has 0 unspecified atom stereocenters. The summed E-state index contributed by atoms with van der Waals surface area (Å²) in [5.41, 5.74) is 7.17. The summed E-state index contributed by atoms with van der Waals surface area (Å²) in [7, 11) is 1.89. The average molecular weight is 203 g/mol. The van der Waals surface area contributed by atoms with Gasteiger partial charge in [-0.15, -0.1) is 0 Å². The molecule has 0 bridgehead atoms. The van der Waals surface area contributed by atoms with Crippen molar-refractivity contribution in [2.45, 2.75) is 6.54 Å². The third-order valence-corrected chi connectivity index (χ3v) is 2.45. The van der Waals surface area contributed by atoms with Gasteiger partial charge in [0.15, 0.2) is 0 Å². The van der Waals surface area contributed by atoms with Crippen molar-refractivity contribution in [3.63, 3.8) is 0 Å². The van der Waals surface area contributed by atoms with E-state index in [1.165, 1.54) is 0 Å². The molecule has 3 N–H and O–H groups in total. The van der Waals surface area contributed by atoms with Crippen LogP contribution in [0.4, 0.5) is 0 Å². The predicted octanol–water partition coefficient (Wildman–Crippen LogP) is 1.25. The zero-order valence-electron chi connectivity index (χ0n) is 8.51. The monoisotopic (exact) mass is 203 g/mol. The SMILES string of the molecule is Cn1c(-c2ccccc2O)cnc1CN. The molecule has 1 aromatic carbocycles. The van der Waals surface area contributed by atoms with Crippen LogP contribution in [0.1, 0.15) is 5.82 Å². The van der Waals surface area contributed by atoms with E-state index in [9.17, 15) is 5.11 Å². The molecule has 0 spiro atoms. The molecule has 0 aliphatic carbocycles. The maximum absolute atomic E-state index is 9.70. The lowest BCUT2D eigenvalue weighted by Gasteiger charge is -2.06. The zero-order chi connectivity index (χ0) is 10.8. The maximum Gasteiger partial charge on any atom is 0.124 e. The van der Waals surface area contributed by atoms with Gasteiger partial charge in [0.05, 0.1) is 18.4 Å². The topological polar surface area (TPSA) is 64.1 Å². The van der Waals surface area contributed by atoms with Gasteiger partial charge in [-0.25, -0.2) is 4.98 Å². The van der Waals surface area contributed by atoms with Gasteiger partial charge in [0.2, 0.25) is 0 Å². The molecule has 2 aromatic rings. The lowest BCUT2D eigenvalue weighted by molar-refractivity contribution is 0.477. The number of aromatic nitrogens is 2. The Hall–Kier alpha value is -1.81. The average Bonchev–Trinajstić information content (AvgIpc) is 2.60. The zero-order valence-corrected chi connectivity index (χ0v) is 8.51. The van der Waals surface area contributed by atoms with Crippen molar-refractivity contribution in [1.82, 2.24) is 9.55 Å². The van der Waals surface area contributed by atoms with Gasteiger partial charge in [-0.1, -0.05) is 12.1 Å². The second kappa shape index (κ2) is 3.74. The first-order valence-electron chi connectivity index (χ1n) is 4.73. The summed E-state index contributed by atoms with van der Waals surface area (Å²) < 4.78 is 1.88. The summed E-state index contributed by atoms with van der Waals surface area (Å²) in [5, 5.41) is 9.70. The summed E-state index contributed by atoms with van der Waals surface area (Å²) >= 11 is 0. The minimum absolute atomic E-state index is 0.254. The number of imidazole rings is 1. The minimum Gasteiger partial charge on any atom is -0.507 e. The molecule has 2 rings (SSSR count). The number of hydrogen-bond acceptors (Lipinski definition) is 3. The molecule has 0 saturated carbocycles. The van der Waals surface area contributed by atoms with Gasteiger partial charge in [0, 0.05) is 12.6 Å². The smallest absolute Gasteiger partial charge is 0.124 e. The van der Waals surface area contributed by atoms with Crippen LogP contribution >= 0.6 is 0 Å². The molecule has 0 radical (unpaired) electrons. The number of hydrogen-bond donors (Lipinski definition) is 2. The summed E-state index contributed by atoms with van der Waals surface area (Å²) in [6.07, 6.45) is 1.72. The van der Waals surface area contributed by atoms with Crippen LogP contribution in [-0.2, 0) is 13.6 Å². The summed E-state index contributed by atoms with van der Waals surface area (Å²) in [5.74, 6) is 1.05. The molecule has 15 heavy (non-hydrogen) atoms. The van der Waals surface area contributed by atoms with Crippen molar-refractivity contribution in [1.29, 1.82) is 0 Å². The summed E-state index contributed by atoms with van der Waals surface area (Å²) in [6, 6.07) is 7.18. The highest BCUT2D eigenvalue weighted by Crippen LogP contribution is 2.28. The van der Waals surface area contributed by atoms with Crippen molar-refractivity contribution in [3.8, 4) is 17.0 Å². The highest BCUT2D eigenvalue weighted by molar-refractivity contribution is 5.66. The van der Waals surface area contributed by atoms with Crippen molar-refractivity contribution in [3.05, 3.63) is 36.3 Å². The fraction of sp³-hybridized carbons (Fsp3) is 0.182. The van der Waals surface area contributed by atoms with Gasteiger partial charge < -0.3 is 15.4 Å². The van der Waals surface area contributed by atoms with E-state index in [1.54, 1.807) is 18.3 Å². The van der Waals surface area contributed by atoms with Crippen molar-refractivity contribution in [2.24, 2.45) is 12.8 Å². The van der Waals surface area contributed by atoms with Crippen molar-refractivity contribution >= 4 is 0 Å². The van der Waals surface area contributed by atoms with Crippen molar-refractivity contribution < 1.29 is 5.11 Å². The first-order valence-corrected chi connectivity index (χ1v) is 4.73. The van der Waals surface area contributed by atoms with Gasteiger partial charge in [-0.3, -0.25) is 0 Å². The van der Waals surface area contributed by atoms with Crippen LogP contribution in [0.2, 0.25) is 0 Å². The molecule has 0 fully saturated rings. The highest BCUT2D eigenvalue weighted by atomic mass is 16.3.